The Bertz CT molecular complexity index is 1720. The van der Waals surface area contributed by atoms with Gasteiger partial charge in [-0.25, -0.2) is 19.3 Å². The summed E-state index contributed by atoms with van der Waals surface area (Å²) in [5.74, 6) is -0.266. The van der Waals surface area contributed by atoms with E-state index >= 15 is 0 Å². The van der Waals surface area contributed by atoms with Gasteiger partial charge in [-0.05, 0) is 66.9 Å². The smallest absolute Gasteiger partial charge is 0.271 e. The minimum atomic E-state index is -0.519. The Labute approximate surface area is 229 Å². The van der Waals surface area contributed by atoms with Gasteiger partial charge in [-0.1, -0.05) is 56.4 Å². The zero-order valence-corrected chi connectivity index (χ0v) is 23.1. The SMILES string of the molecule is Cc1nc(C(=O)N[C@@H](C)c2ccc(F)cc2)c2cc(-c3ccc4nc(NC(=O)C(C)(C)C)sc4c3)ccc2n1. The van der Waals surface area contributed by atoms with E-state index in [9.17, 15) is 14.0 Å². The van der Waals surface area contributed by atoms with E-state index in [-0.39, 0.29) is 29.4 Å². The van der Waals surface area contributed by atoms with Crippen LogP contribution in [0.25, 0.3) is 32.2 Å². The standard InChI is InChI=1S/C30H28FN5O2S/c1-16(18-6-10-21(31)11-7-18)32-27(37)26-22-14-19(8-12-23(22)33-17(2)34-26)20-9-13-24-25(15-20)39-29(35-24)36-28(38)30(3,4)5/h6-16H,1-5H3,(H,32,37)(H,35,36,38)/t16-/m0/s1. The molecule has 1 atom stereocenters. The number of rotatable bonds is 5. The highest BCUT2D eigenvalue weighted by Crippen LogP contribution is 2.33. The van der Waals surface area contributed by atoms with Crippen molar-refractivity contribution in [1.29, 1.82) is 0 Å². The maximum Gasteiger partial charge on any atom is 0.271 e. The number of hydrogen-bond acceptors (Lipinski definition) is 6. The molecule has 0 bridgehead atoms. The van der Waals surface area contributed by atoms with Crippen molar-refractivity contribution in [1.82, 2.24) is 20.3 Å². The molecule has 0 fully saturated rings. The molecule has 0 aliphatic heterocycles. The van der Waals surface area contributed by atoms with Gasteiger partial charge in [0.15, 0.2) is 5.13 Å². The van der Waals surface area contributed by atoms with Gasteiger partial charge in [-0.3, -0.25) is 9.59 Å². The largest absolute Gasteiger partial charge is 0.344 e. The van der Waals surface area contributed by atoms with Crippen LogP contribution in [0.1, 0.15) is 55.6 Å². The van der Waals surface area contributed by atoms with Gasteiger partial charge >= 0.3 is 0 Å². The molecular formula is C30H28FN5O2S. The van der Waals surface area contributed by atoms with Gasteiger partial charge in [0, 0.05) is 10.8 Å². The maximum absolute atomic E-state index is 13.3. The molecule has 198 valence electrons. The first-order chi connectivity index (χ1) is 18.5. The monoisotopic (exact) mass is 541 g/mol. The molecule has 0 aliphatic carbocycles. The molecular weight excluding hydrogens is 513 g/mol. The summed E-state index contributed by atoms with van der Waals surface area (Å²) >= 11 is 1.41. The van der Waals surface area contributed by atoms with Crippen molar-refractivity contribution >= 4 is 49.4 Å². The van der Waals surface area contributed by atoms with E-state index in [1.165, 1.54) is 23.5 Å². The van der Waals surface area contributed by atoms with Gasteiger partial charge in [0.05, 0.1) is 21.8 Å². The van der Waals surface area contributed by atoms with E-state index in [0.717, 1.165) is 26.9 Å². The Hall–Kier alpha value is -4.24. The lowest BCUT2D eigenvalue weighted by Gasteiger charge is -2.15. The number of carbonyl (C=O) groups is 2. The van der Waals surface area contributed by atoms with Crippen molar-refractivity contribution in [3.8, 4) is 11.1 Å². The second kappa shape index (κ2) is 10.1. The van der Waals surface area contributed by atoms with E-state index in [4.69, 9.17) is 0 Å². The molecule has 2 heterocycles. The van der Waals surface area contributed by atoms with Gasteiger partial charge in [0.25, 0.3) is 5.91 Å². The minimum Gasteiger partial charge on any atom is -0.344 e. The van der Waals surface area contributed by atoms with Crippen LogP contribution in [0.5, 0.6) is 0 Å². The van der Waals surface area contributed by atoms with Crippen LogP contribution in [-0.2, 0) is 4.79 Å². The van der Waals surface area contributed by atoms with Crippen LogP contribution in [0, 0.1) is 18.2 Å². The topological polar surface area (TPSA) is 96.9 Å². The molecule has 2 aromatic heterocycles. The lowest BCUT2D eigenvalue weighted by atomic mass is 9.96. The molecule has 5 rings (SSSR count). The molecule has 7 nitrogen and oxygen atoms in total. The summed E-state index contributed by atoms with van der Waals surface area (Å²) in [5.41, 5.74) is 3.84. The molecule has 39 heavy (non-hydrogen) atoms. The van der Waals surface area contributed by atoms with Crippen molar-refractivity contribution in [2.45, 2.75) is 40.7 Å². The number of nitrogens with zero attached hydrogens (tertiary/aromatic N) is 3. The van der Waals surface area contributed by atoms with Crippen LogP contribution in [0.4, 0.5) is 9.52 Å². The first kappa shape index (κ1) is 26.4. The van der Waals surface area contributed by atoms with Crippen LogP contribution in [0.15, 0.2) is 60.7 Å². The molecule has 3 aromatic carbocycles. The number of anilines is 1. The summed E-state index contributed by atoms with van der Waals surface area (Å²) in [6, 6.07) is 17.4. The number of halogens is 1. The highest BCUT2D eigenvalue weighted by Gasteiger charge is 2.22. The molecule has 0 radical (unpaired) electrons. The van der Waals surface area contributed by atoms with Crippen LogP contribution in [0.3, 0.4) is 0 Å². The second-order valence-corrected chi connectivity index (χ2v) is 11.5. The maximum atomic E-state index is 13.3. The van der Waals surface area contributed by atoms with E-state index in [1.807, 2.05) is 64.1 Å². The van der Waals surface area contributed by atoms with Gasteiger partial charge in [0.2, 0.25) is 5.91 Å². The number of hydrogen-bond donors (Lipinski definition) is 2. The zero-order valence-electron chi connectivity index (χ0n) is 22.3. The van der Waals surface area contributed by atoms with E-state index in [2.05, 4.69) is 25.6 Å². The number of fused-ring (bicyclic) bond motifs is 2. The van der Waals surface area contributed by atoms with E-state index in [0.29, 0.717) is 21.9 Å². The Kier molecular flexibility index (Phi) is 6.86. The molecule has 5 aromatic rings. The highest BCUT2D eigenvalue weighted by molar-refractivity contribution is 7.22. The predicted octanol–water partition coefficient (Wildman–Crippen LogP) is 6.83. The fourth-order valence-corrected chi connectivity index (χ4v) is 5.04. The molecule has 0 unspecified atom stereocenters. The van der Waals surface area contributed by atoms with Crippen molar-refractivity contribution in [2.75, 3.05) is 5.32 Å². The third kappa shape index (κ3) is 5.63. The molecule has 0 aliphatic rings. The van der Waals surface area contributed by atoms with Crippen molar-refractivity contribution in [3.05, 3.63) is 83.6 Å². The molecule has 2 N–H and O–H groups in total. The normalized spacial score (nSPS) is 12.5. The lowest BCUT2D eigenvalue weighted by Crippen LogP contribution is -2.28. The quantitative estimate of drug-likeness (QED) is 0.254. The summed E-state index contributed by atoms with van der Waals surface area (Å²) in [7, 11) is 0. The van der Waals surface area contributed by atoms with Crippen molar-refractivity contribution in [3.63, 3.8) is 0 Å². The van der Waals surface area contributed by atoms with Gasteiger partial charge in [-0.2, -0.15) is 0 Å². The number of carbonyl (C=O) groups excluding carboxylic acids is 2. The molecule has 0 saturated carbocycles. The second-order valence-electron chi connectivity index (χ2n) is 10.5. The van der Waals surface area contributed by atoms with Gasteiger partial charge < -0.3 is 10.6 Å². The molecule has 0 saturated heterocycles. The summed E-state index contributed by atoms with van der Waals surface area (Å²) in [5, 5.41) is 7.05. The number of aryl methyl sites for hydroxylation is 1. The van der Waals surface area contributed by atoms with E-state index in [1.54, 1.807) is 19.1 Å². The average Bonchev–Trinajstić information content (AvgIpc) is 3.29. The predicted molar refractivity (Wildman–Crippen MR) is 153 cm³/mol. The number of amides is 2. The molecule has 0 spiro atoms. The number of thiazole rings is 1. The Balaban J connectivity index is 1.47. The summed E-state index contributed by atoms with van der Waals surface area (Å²) < 4.78 is 14.3. The average molecular weight is 542 g/mol. The Morgan fingerprint density at radius 1 is 0.897 bits per heavy atom. The fraction of sp³-hybridized carbons (Fsp3) is 0.233. The fourth-order valence-electron chi connectivity index (χ4n) is 4.14. The summed E-state index contributed by atoms with van der Waals surface area (Å²) in [6.45, 7) is 9.17. The summed E-state index contributed by atoms with van der Waals surface area (Å²) in [4.78, 5) is 39.3. The van der Waals surface area contributed by atoms with E-state index < -0.39 is 5.41 Å². The lowest BCUT2D eigenvalue weighted by molar-refractivity contribution is -0.123. The van der Waals surface area contributed by atoms with Gasteiger partial charge in [-0.15, -0.1) is 0 Å². The minimum absolute atomic E-state index is 0.0915. The van der Waals surface area contributed by atoms with Gasteiger partial charge in [0.1, 0.15) is 17.3 Å². The molecule has 9 heteroatoms. The number of aromatic nitrogens is 3. The third-order valence-electron chi connectivity index (χ3n) is 6.36. The van der Waals surface area contributed by atoms with Crippen LogP contribution in [0.2, 0.25) is 0 Å². The van der Waals surface area contributed by atoms with Crippen LogP contribution in [-0.4, -0.2) is 26.8 Å². The highest BCUT2D eigenvalue weighted by atomic mass is 32.1. The van der Waals surface area contributed by atoms with Crippen LogP contribution >= 0.6 is 11.3 Å². The summed E-state index contributed by atoms with van der Waals surface area (Å²) in [6.07, 6.45) is 0. The molecule has 2 amide bonds. The van der Waals surface area contributed by atoms with Crippen molar-refractivity contribution < 1.29 is 14.0 Å². The zero-order chi connectivity index (χ0) is 27.9. The Morgan fingerprint density at radius 2 is 1.56 bits per heavy atom. The third-order valence-corrected chi connectivity index (χ3v) is 7.30. The number of nitrogens with one attached hydrogen (secondary N) is 2. The number of benzene rings is 3. The first-order valence-corrected chi connectivity index (χ1v) is 13.4. The van der Waals surface area contributed by atoms with Crippen LogP contribution < -0.4 is 10.6 Å². The first-order valence-electron chi connectivity index (χ1n) is 12.5. The Morgan fingerprint density at radius 3 is 2.26 bits per heavy atom. The van der Waals surface area contributed by atoms with Crippen molar-refractivity contribution in [2.24, 2.45) is 5.41 Å².